The van der Waals surface area contributed by atoms with E-state index in [2.05, 4.69) is 0 Å². The Labute approximate surface area is 118 Å². The van der Waals surface area contributed by atoms with E-state index in [0.717, 1.165) is 37.8 Å². The minimum atomic E-state index is -0.228. The first kappa shape index (κ1) is 13.6. The largest absolute Gasteiger partial charge is 0.381 e. The second-order valence-electron chi connectivity index (χ2n) is 5.63. The van der Waals surface area contributed by atoms with E-state index in [4.69, 9.17) is 4.74 Å². The fourth-order valence-electron chi connectivity index (χ4n) is 3.24. The molecule has 0 N–H and O–H groups in total. The Morgan fingerprint density at radius 1 is 1.15 bits per heavy atom. The Bertz CT molecular complexity index is 468. The van der Waals surface area contributed by atoms with E-state index in [0.29, 0.717) is 13.2 Å². The minimum Gasteiger partial charge on any atom is -0.381 e. The molecule has 1 aromatic rings. The van der Waals surface area contributed by atoms with Crippen molar-refractivity contribution in [3.8, 4) is 0 Å². The molecular formula is C16H20FNO2. The van der Waals surface area contributed by atoms with Gasteiger partial charge in [-0.25, -0.2) is 4.39 Å². The average Bonchev–Trinajstić information content (AvgIpc) is 2.97. The number of benzene rings is 1. The second-order valence-corrected chi connectivity index (χ2v) is 5.63. The molecule has 1 aromatic carbocycles. The van der Waals surface area contributed by atoms with Crippen LogP contribution in [0.1, 0.15) is 37.3 Å². The van der Waals surface area contributed by atoms with Crippen LogP contribution in [0.25, 0.3) is 0 Å². The summed E-state index contributed by atoms with van der Waals surface area (Å²) >= 11 is 0. The molecule has 1 amide bonds. The molecule has 0 aromatic heterocycles. The molecule has 4 heteroatoms. The molecule has 108 valence electrons. The minimum absolute atomic E-state index is 0.102. The van der Waals surface area contributed by atoms with Crippen molar-refractivity contribution in [1.29, 1.82) is 0 Å². The van der Waals surface area contributed by atoms with Gasteiger partial charge >= 0.3 is 0 Å². The molecule has 20 heavy (non-hydrogen) atoms. The van der Waals surface area contributed by atoms with Crippen molar-refractivity contribution in [2.45, 2.75) is 31.7 Å². The molecule has 1 atom stereocenters. The number of amides is 1. The van der Waals surface area contributed by atoms with Crippen molar-refractivity contribution < 1.29 is 13.9 Å². The second kappa shape index (κ2) is 5.92. The molecule has 0 unspecified atom stereocenters. The summed E-state index contributed by atoms with van der Waals surface area (Å²) in [6.45, 7) is 2.19. The third-order valence-electron chi connectivity index (χ3n) is 4.36. The molecule has 2 aliphatic heterocycles. The van der Waals surface area contributed by atoms with Crippen LogP contribution in [0.2, 0.25) is 0 Å². The standard InChI is InChI=1S/C16H20FNO2/c17-14-5-3-12(4-6-14)15-2-1-9-18(15)16(19)13-7-10-20-11-8-13/h3-6,13,15H,1-2,7-11H2/t15-/m0/s1. The molecule has 3 rings (SSSR count). The molecule has 0 saturated carbocycles. The Hall–Kier alpha value is -1.42. The highest BCUT2D eigenvalue weighted by Gasteiger charge is 2.34. The monoisotopic (exact) mass is 277 g/mol. The summed E-state index contributed by atoms with van der Waals surface area (Å²) in [7, 11) is 0. The normalized spacial score (nSPS) is 24.1. The molecule has 0 radical (unpaired) electrons. The van der Waals surface area contributed by atoms with Crippen LogP contribution in [-0.4, -0.2) is 30.6 Å². The maximum absolute atomic E-state index is 13.0. The summed E-state index contributed by atoms with van der Waals surface area (Å²) in [5, 5.41) is 0. The lowest BCUT2D eigenvalue weighted by molar-refractivity contribution is -0.139. The van der Waals surface area contributed by atoms with E-state index in [1.165, 1.54) is 12.1 Å². The average molecular weight is 277 g/mol. The van der Waals surface area contributed by atoms with Crippen LogP contribution in [0.5, 0.6) is 0 Å². The van der Waals surface area contributed by atoms with Gasteiger partial charge in [-0.3, -0.25) is 4.79 Å². The van der Waals surface area contributed by atoms with E-state index in [9.17, 15) is 9.18 Å². The van der Waals surface area contributed by atoms with Gasteiger partial charge in [-0.15, -0.1) is 0 Å². The molecule has 2 saturated heterocycles. The van der Waals surface area contributed by atoms with Crippen molar-refractivity contribution in [2.24, 2.45) is 5.92 Å². The van der Waals surface area contributed by atoms with Gasteiger partial charge in [0.1, 0.15) is 5.82 Å². The van der Waals surface area contributed by atoms with Gasteiger partial charge in [0.25, 0.3) is 0 Å². The van der Waals surface area contributed by atoms with Gasteiger partial charge in [0.15, 0.2) is 0 Å². The van der Waals surface area contributed by atoms with Gasteiger partial charge in [-0.1, -0.05) is 12.1 Å². The number of nitrogens with zero attached hydrogens (tertiary/aromatic N) is 1. The van der Waals surface area contributed by atoms with Crippen LogP contribution in [0.15, 0.2) is 24.3 Å². The topological polar surface area (TPSA) is 29.5 Å². The molecule has 3 nitrogen and oxygen atoms in total. The first-order valence-electron chi connectivity index (χ1n) is 7.39. The summed E-state index contributed by atoms with van der Waals surface area (Å²) < 4.78 is 18.4. The number of carbonyl (C=O) groups is 1. The maximum atomic E-state index is 13.0. The van der Waals surface area contributed by atoms with Crippen molar-refractivity contribution in [3.05, 3.63) is 35.6 Å². The van der Waals surface area contributed by atoms with Crippen LogP contribution >= 0.6 is 0 Å². The Morgan fingerprint density at radius 3 is 2.55 bits per heavy atom. The lowest BCUT2D eigenvalue weighted by atomic mass is 9.97. The predicted molar refractivity (Wildman–Crippen MR) is 73.6 cm³/mol. The van der Waals surface area contributed by atoms with Gasteiger partial charge in [0, 0.05) is 25.7 Å². The van der Waals surface area contributed by atoms with E-state index < -0.39 is 0 Å². The first-order chi connectivity index (χ1) is 9.75. The molecule has 2 fully saturated rings. The molecular weight excluding hydrogens is 257 g/mol. The maximum Gasteiger partial charge on any atom is 0.226 e. The Balaban J connectivity index is 1.74. The Kier molecular flexibility index (Phi) is 4.01. The molecule has 0 bridgehead atoms. The van der Waals surface area contributed by atoms with Crippen LogP contribution in [0.3, 0.4) is 0 Å². The number of ether oxygens (including phenoxy) is 1. The van der Waals surface area contributed by atoms with Crippen LogP contribution in [0, 0.1) is 11.7 Å². The van der Waals surface area contributed by atoms with E-state index in [1.54, 1.807) is 12.1 Å². The number of rotatable bonds is 2. The van der Waals surface area contributed by atoms with Gasteiger partial charge in [0.05, 0.1) is 6.04 Å². The number of hydrogen-bond donors (Lipinski definition) is 0. The lowest BCUT2D eigenvalue weighted by Gasteiger charge is -2.31. The van der Waals surface area contributed by atoms with Gasteiger partial charge < -0.3 is 9.64 Å². The zero-order valence-corrected chi connectivity index (χ0v) is 11.6. The molecule has 2 aliphatic rings. The highest BCUT2D eigenvalue weighted by atomic mass is 19.1. The zero-order chi connectivity index (χ0) is 13.9. The zero-order valence-electron chi connectivity index (χ0n) is 11.6. The van der Waals surface area contributed by atoms with Crippen molar-refractivity contribution in [1.82, 2.24) is 4.90 Å². The third kappa shape index (κ3) is 2.70. The number of carbonyl (C=O) groups excluding carboxylic acids is 1. The highest BCUT2D eigenvalue weighted by Crippen LogP contribution is 2.34. The molecule has 2 heterocycles. The van der Waals surface area contributed by atoms with Crippen LogP contribution in [0.4, 0.5) is 4.39 Å². The van der Waals surface area contributed by atoms with Crippen molar-refractivity contribution in [2.75, 3.05) is 19.8 Å². The van der Waals surface area contributed by atoms with Crippen LogP contribution in [-0.2, 0) is 9.53 Å². The smallest absolute Gasteiger partial charge is 0.226 e. The lowest BCUT2D eigenvalue weighted by Crippen LogP contribution is -2.38. The van der Waals surface area contributed by atoms with Gasteiger partial charge in [0.2, 0.25) is 5.91 Å². The fourth-order valence-corrected chi connectivity index (χ4v) is 3.24. The SMILES string of the molecule is O=C(C1CCOCC1)N1CCC[C@H]1c1ccc(F)cc1. The summed E-state index contributed by atoms with van der Waals surface area (Å²) in [6.07, 6.45) is 3.65. The number of hydrogen-bond acceptors (Lipinski definition) is 2. The van der Waals surface area contributed by atoms with Crippen molar-refractivity contribution in [3.63, 3.8) is 0 Å². The van der Waals surface area contributed by atoms with E-state index >= 15 is 0 Å². The Morgan fingerprint density at radius 2 is 1.85 bits per heavy atom. The summed E-state index contributed by atoms with van der Waals surface area (Å²) in [4.78, 5) is 14.6. The molecule has 0 spiro atoms. The van der Waals surface area contributed by atoms with E-state index in [-0.39, 0.29) is 23.7 Å². The fraction of sp³-hybridized carbons (Fsp3) is 0.562. The highest BCUT2D eigenvalue weighted by molar-refractivity contribution is 5.79. The predicted octanol–water partition coefficient (Wildman–Crippen LogP) is 2.92. The summed E-state index contributed by atoms with van der Waals surface area (Å²) in [5.41, 5.74) is 1.05. The van der Waals surface area contributed by atoms with Gasteiger partial charge in [-0.2, -0.15) is 0 Å². The number of likely N-dealkylation sites (tertiary alicyclic amines) is 1. The van der Waals surface area contributed by atoms with Crippen LogP contribution < -0.4 is 0 Å². The molecule has 0 aliphatic carbocycles. The summed E-state index contributed by atoms with van der Waals surface area (Å²) in [6, 6.07) is 6.67. The van der Waals surface area contributed by atoms with Crippen molar-refractivity contribution >= 4 is 5.91 Å². The quantitative estimate of drug-likeness (QED) is 0.832. The number of halogens is 1. The summed E-state index contributed by atoms with van der Waals surface area (Å²) in [5.74, 6) is 0.124. The third-order valence-corrected chi connectivity index (χ3v) is 4.36. The van der Waals surface area contributed by atoms with Gasteiger partial charge in [-0.05, 0) is 43.4 Å². The van der Waals surface area contributed by atoms with E-state index in [1.807, 2.05) is 4.90 Å². The first-order valence-corrected chi connectivity index (χ1v) is 7.39.